The number of aryl methyl sites for hydroxylation is 2. The minimum atomic E-state index is 0.816. The molecular formula is C10H13N. The van der Waals surface area contributed by atoms with Crippen LogP contribution in [0.3, 0.4) is 0 Å². The Morgan fingerprint density at radius 3 is 2.36 bits per heavy atom. The quantitative estimate of drug-likeness (QED) is 0.565. The van der Waals surface area contributed by atoms with E-state index in [9.17, 15) is 0 Å². The third kappa shape index (κ3) is 1.65. The first-order valence-electron chi connectivity index (χ1n) is 3.82. The van der Waals surface area contributed by atoms with Gasteiger partial charge in [0.1, 0.15) is 0 Å². The lowest BCUT2D eigenvalue weighted by molar-refractivity contribution is 0.683. The molecule has 1 aromatic rings. The van der Waals surface area contributed by atoms with Crippen LogP contribution in [0.2, 0.25) is 0 Å². The number of rotatable bonds is 2. The maximum Gasteiger partial charge on any atom is 0.0334 e. The van der Waals surface area contributed by atoms with E-state index in [4.69, 9.17) is 6.42 Å². The van der Waals surface area contributed by atoms with E-state index in [-0.39, 0.29) is 0 Å². The summed E-state index contributed by atoms with van der Waals surface area (Å²) in [5.41, 5.74) is 2.58. The number of hydrogen-bond donors (Lipinski definition) is 0. The van der Waals surface area contributed by atoms with Gasteiger partial charge in [0.2, 0.25) is 0 Å². The van der Waals surface area contributed by atoms with E-state index >= 15 is 0 Å². The van der Waals surface area contributed by atoms with Crippen LogP contribution in [0.15, 0.2) is 12.1 Å². The van der Waals surface area contributed by atoms with E-state index in [2.05, 4.69) is 36.5 Å². The van der Waals surface area contributed by atoms with Crippen molar-refractivity contribution < 1.29 is 0 Å². The highest BCUT2D eigenvalue weighted by molar-refractivity contribution is 5.13. The topological polar surface area (TPSA) is 4.93 Å². The molecule has 0 aromatic carbocycles. The van der Waals surface area contributed by atoms with Gasteiger partial charge >= 0.3 is 0 Å². The summed E-state index contributed by atoms with van der Waals surface area (Å²) in [4.78, 5) is 0. The van der Waals surface area contributed by atoms with E-state index in [0.717, 1.165) is 13.0 Å². The molecule has 0 spiro atoms. The predicted octanol–water partition coefficient (Wildman–Crippen LogP) is 2.13. The zero-order chi connectivity index (χ0) is 8.27. The Labute approximate surface area is 68.0 Å². The first-order chi connectivity index (χ1) is 5.25. The minimum absolute atomic E-state index is 0.816. The van der Waals surface area contributed by atoms with E-state index in [1.807, 2.05) is 0 Å². The van der Waals surface area contributed by atoms with Crippen LogP contribution in [-0.4, -0.2) is 4.57 Å². The van der Waals surface area contributed by atoms with Gasteiger partial charge in [0, 0.05) is 24.4 Å². The summed E-state index contributed by atoms with van der Waals surface area (Å²) >= 11 is 0. The van der Waals surface area contributed by atoms with E-state index in [1.54, 1.807) is 0 Å². The molecule has 0 amide bonds. The minimum Gasteiger partial charge on any atom is -0.348 e. The molecule has 0 fully saturated rings. The van der Waals surface area contributed by atoms with Gasteiger partial charge in [-0.25, -0.2) is 0 Å². The van der Waals surface area contributed by atoms with Gasteiger partial charge in [0.05, 0.1) is 0 Å². The summed E-state index contributed by atoms with van der Waals surface area (Å²) in [5, 5.41) is 0. The Bertz CT molecular complexity index is 256. The van der Waals surface area contributed by atoms with Crippen LogP contribution < -0.4 is 0 Å². The van der Waals surface area contributed by atoms with Gasteiger partial charge < -0.3 is 4.57 Å². The predicted molar refractivity (Wildman–Crippen MR) is 47.4 cm³/mol. The van der Waals surface area contributed by atoms with Crippen molar-refractivity contribution in [1.29, 1.82) is 0 Å². The monoisotopic (exact) mass is 147 g/mol. The standard InChI is InChI=1S/C10H13N/c1-4-5-8-11-9(2)6-7-10(11)3/h1,6-7H,5,8H2,2-3H3. The van der Waals surface area contributed by atoms with E-state index in [1.165, 1.54) is 11.4 Å². The number of hydrogen-bond acceptors (Lipinski definition) is 0. The Hall–Kier alpha value is -1.16. The van der Waals surface area contributed by atoms with Crippen LogP contribution >= 0.6 is 0 Å². The average molecular weight is 147 g/mol. The zero-order valence-corrected chi connectivity index (χ0v) is 7.09. The van der Waals surface area contributed by atoms with Crippen LogP contribution in [0.1, 0.15) is 17.8 Å². The van der Waals surface area contributed by atoms with Crippen molar-refractivity contribution >= 4 is 0 Å². The maximum atomic E-state index is 5.18. The molecule has 0 radical (unpaired) electrons. The molecule has 0 aliphatic rings. The molecule has 0 atom stereocenters. The van der Waals surface area contributed by atoms with Crippen molar-refractivity contribution in [1.82, 2.24) is 4.57 Å². The second kappa shape index (κ2) is 3.30. The van der Waals surface area contributed by atoms with Crippen molar-refractivity contribution in [2.75, 3.05) is 0 Å². The molecule has 1 rings (SSSR count). The fourth-order valence-electron chi connectivity index (χ4n) is 1.23. The largest absolute Gasteiger partial charge is 0.348 e. The zero-order valence-electron chi connectivity index (χ0n) is 7.09. The molecule has 0 bridgehead atoms. The third-order valence-electron chi connectivity index (χ3n) is 1.90. The number of nitrogens with zero attached hydrogens (tertiary/aromatic N) is 1. The van der Waals surface area contributed by atoms with Crippen LogP contribution in [-0.2, 0) is 6.54 Å². The highest BCUT2D eigenvalue weighted by Gasteiger charge is 1.97. The molecule has 1 aromatic heterocycles. The lowest BCUT2D eigenvalue weighted by atomic mass is 10.4. The van der Waals surface area contributed by atoms with Crippen LogP contribution in [0.5, 0.6) is 0 Å². The van der Waals surface area contributed by atoms with Gasteiger partial charge in [0.25, 0.3) is 0 Å². The Kier molecular flexibility index (Phi) is 2.38. The molecule has 0 aliphatic carbocycles. The molecule has 0 saturated heterocycles. The smallest absolute Gasteiger partial charge is 0.0334 e. The highest BCUT2D eigenvalue weighted by Crippen LogP contribution is 2.06. The Morgan fingerprint density at radius 1 is 1.36 bits per heavy atom. The number of terminal acetylenes is 1. The van der Waals surface area contributed by atoms with Crippen LogP contribution in [0.25, 0.3) is 0 Å². The van der Waals surface area contributed by atoms with Gasteiger partial charge in [-0.05, 0) is 26.0 Å². The molecule has 0 unspecified atom stereocenters. The molecule has 11 heavy (non-hydrogen) atoms. The van der Waals surface area contributed by atoms with Gasteiger partial charge in [-0.1, -0.05) is 0 Å². The van der Waals surface area contributed by atoms with Crippen molar-refractivity contribution in [2.24, 2.45) is 0 Å². The van der Waals surface area contributed by atoms with Gasteiger partial charge in [0.15, 0.2) is 0 Å². The average Bonchev–Trinajstić information content (AvgIpc) is 2.29. The fraction of sp³-hybridized carbons (Fsp3) is 0.400. The van der Waals surface area contributed by atoms with Crippen LogP contribution in [0.4, 0.5) is 0 Å². The van der Waals surface area contributed by atoms with E-state index < -0.39 is 0 Å². The molecule has 1 heteroatoms. The molecular weight excluding hydrogens is 134 g/mol. The summed E-state index contributed by atoms with van der Waals surface area (Å²) in [6.07, 6.45) is 6.00. The van der Waals surface area contributed by atoms with Crippen LogP contribution in [0, 0.1) is 26.2 Å². The normalized spacial score (nSPS) is 9.55. The molecule has 0 saturated carbocycles. The number of aromatic nitrogens is 1. The first kappa shape index (κ1) is 7.94. The second-order valence-electron chi connectivity index (χ2n) is 2.72. The first-order valence-corrected chi connectivity index (χ1v) is 3.82. The van der Waals surface area contributed by atoms with Crippen molar-refractivity contribution in [2.45, 2.75) is 26.8 Å². The summed E-state index contributed by atoms with van der Waals surface area (Å²) in [6.45, 7) is 5.15. The molecule has 0 aliphatic heterocycles. The highest BCUT2D eigenvalue weighted by atomic mass is 15.0. The van der Waals surface area contributed by atoms with Crippen molar-refractivity contribution in [3.05, 3.63) is 23.5 Å². The lowest BCUT2D eigenvalue weighted by Crippen LogP contribution is -2.00. The van der Waals surface area contributed by atoms with Gasteiger partial charge in [-0.3, -0.25) is 0 Å². The molecule has 1 nitrogen and oxygen atoms in total. The summed E-state index contributed by atoms with van der Waals surface area (Å²) in [7, 11) is 0. The van der Waals surface area contributed by atoms with Gasteiger partial charge in [-0.2, -0.15) is 0 Å². The third-order valence-corrected chi connectivity index (χ3v) is 1.90. The summed E-state index contributed by atoms with van der Waals surface area (Å²) in [6, 6.07) is 4.23. The Morgan fingerprint density at radius 2 is 1.91 bits per heavy atom. The Balaban J connectivity index is 2.77. The van der Waals surface area contributed by atoms with Crippen molar-refractivity contribution in [3.8, 4) is 12.3 Å². The molecule has 1 heterocycles. The second-order valence-corrected chi connectivity index (χ2v) is 2.72. The van der Waals surface area contributed by atoms with Crippen molar-refractivity contribution in [3.63, 3.8) is 0 Å². The summed E-state index contributed by atoms with van der Waals surface area (Å²) < 4.78 is 2.24. The SMILES string of the molecule is C#CCCn1c(C)ccc1C. The molecule has 58 valence electrons. The molecule has 0 N–H and O–H groups in total. The summed E-state index contributed by atoms with van der Waals surface area (Å²) in [5.74, 6) is 2.64. The maximum absolute atomic E-state index is 5.18. The van der Waals surface area contributed by atoms with E-state index in [0.29, 0.717) is 0 Å². The van der Waals surface area contributed by atoms with Gasteiger partial charge in [-0.15, -0.1) is 12.3 Å². The lowest BCUT2D eigenvalue weighted by Gasteiger charge is -2.05. The fourth-order valence-corrected chi connectivity index (χ4v) is 1.23.